The third kappa shape index (κ3) is 4.97. The van der Waals surface area contributed by atoms with Crippen LogP contribution < -0.4 is 10.6 Å². The zero-order valence-corrected chi connectivity index (χ0v) is 14.6. The van der Waals surface area contributed by atoms with Crippen molar-refractivity contribution in [1.82, 2.24) is 20.4 Å². The lowest BCUT2D eigenvalue weighted by atomic mass is 10.2. The van der Waals surface area contributed by atoms with Crippen molar-refractivity contribution < 1.29 is 9.32 Å². The number of pyridine rings is 1. The van der Waals surface area contributed by atoms with Crippen LogP contribution in [0.5, 0.6) is 0 Å². The van der Waals surface area contributed by atoms with Gasteiger partial charge in [-0.2, -0.15) is 4.98 Å². The first-order chi connectivity index (χ1) is 12.7. The molecule has 0 saturated heterocycles. The maximum atomic E-state index is 12.2. The second-order valence-corrected chi connectivity index (χ2v) is 5.76. The average Bonchev–Trinajstić information content (AvgIpc) is 3.15. The second-order valence-electron chi connectivity index (χ2n) is 5.76. The molecule has 7 heteroatoms. The number of rotatable bonds is 8. The molecule has 0 saturated carbocycles. The van der Waals surface area contributed by atoms with Crippen LogP contribution in [0.25, 0.3) is 11.5 Å². The number of benzene rings is 1. The van der Waals surface area contributed by atoms with E-state index in [2.05, 4.69) is 32.7 Å². The molecule has 0 bridgehead atoms. The van der Waals surface area contributed by atoms with E-state index in [0.717, 1.165) is 24.3 Å². The predicted molar refractivity (Wildman–Crippen MR) is 98.3 cm³/mol. The Hall–Kier alpha value is -3.06. The van der Waals surface area contributed by atoms with Crippen LogP contribution in [0, 0.1) is 0 Å². The van der Waals surface area contributed by atoms with Crippen molar-refractivity contribution in [3.8, 4) is 11.5 Å². The molecule has 134 valence electrons. The Morgan fingerprint density at radius 2 is 2.12 bits per heavy atom. The highest BCUT2D eigenvalue weighted by Crippen LogP contribution is 2.14. The van der Waals surface area contributed by atoms with Crippen LogP contribution in [0.2, 0.25) is 0 Å². The molecule has 0 aliphatic heterocycles. The fourth-order valence-corrected chi connectivity index (χ4v) is 2.43. The Bertz CT molecular complexity index is 848. The van der Waals surface area contributed by atoms with Crippen LogP contribution in [0.4, 0.5) is 5.69 Å². The number of anilines is 1. The summed E-state index contributed by atoms with van der Waals surface area (Å²) in [6.07, 6.45) is 2.31. The van der Waals surface area contributed by atoms with Crippen LogP contribution in [0.15, 0.2) is 53.2 Å². The summed E-state index contributed by atoms with van der Waals surface area (Å²) in [6, 6.07) is 13.3. The summed E-state index contributed by atoms with van der Waals surface area (Å²) in [5.74, 6) is 0.752. The van der Waals surface area contributed by atoms with E-state index in [-0.39, 0.29) is 12.3 Å². The van der Waals surface area contributed by atoms with E-state index in [1.54, 1.807) is 6.20 Å². The number of carbonyl (C=O) groups excluding carboxylic acids is 1. The largest absolute Gasteiger partial charge is 0.339 e. The van der Waals surface area contributed by atoms with Crippen LogP contribution >= 0.6 is 0 Å². The SMILES string of the molecule is CCNCc1cccc(NC(=O)CCc2nc(-c3ccccn3)no2)c1. The van der Waals surface area contributed by atoms with E-state index in [9.17, 15) is 4.79 Å². The van der Waals surface area contributed by atoms with E-state index < -0.39 is 0 Å². The highest BCUT2D eigenvalue weighted by Gasteiger charge is 2.11. The fourth-order valence-electron chi connectivity index (χ4n) is 2.43. The van der Waals surface area contributed by atoms with Gasteiger partial charge in [0.1, 0.15) is 5.69 Å². The van der Waals surface area contributed by atoms with Crippen LogP contribution in [-0.2, 0) is 17.8 Å². The van der Waals surface area contributed by atoms with E-state index in [4.69, 9.17) is 4.52 Å². The van der Waals surface area contributed by atoms with Crippen LogP contribution in [-0.4, -0.2) is 27.6 Å². The van der Waals surface area contributed by atoms with Crippen molar-refractivity contribution >= 4 is 11.6 Å². The summed E-state index contributed by atoms with van der Waals surface area (Å²) in [5, 5.41) is 10.1. The van der Waals surface area contributed by atoms with Gasteiger partial charge in [-0.1, -0.05) is 30.3 Å². The maximum absolute atomic E-state index is 12.2. The van der Waals surface area contributed by atoms with Gasteiger partial charge in [0.05, 0.1) is 0 Å². The number of nitrogens with one attached hydrogen (secondary N) is 2. The third-order valence-electron chi connectivity index (χ3n) is 3.72. The van der Waals surface area contributed by atoms with Gasteiger partial charge in [-0.25, -0.2) is 0 Å². The minimum Gasteiger partial charge on any atom is -0.339 e. The van der Waals surface area contributed by atoms with Crippen molar-refractivity contribution in [1.29, 1.82) is 0 Å². The number of hydrogen-bond acceptors (Lipinski definition) is 6. The molecule has 26 heavy (non-hydrogen) atoms. The van der Waals surface area contributed by atoms with E-state index >= 15 is 0 Å². The molecular weight excluding hydrogens is 330 g/mol. The minimum atomic E-state index is -0.0943. The van der Waals surface area contributed by atoms with Gasteiger partial charge in [0.15, 0.2) is 0 Å². The molecule has 0 unspecified atom stereocenters. The zero-order chi connectivity index (χ0) is 18.2. The lowest BCUT2D eigenvalue weighted by molar-refractivity contribution is -0.116. The first-order valence-corrected chi connectivity index (χ1v) is 8.58. The fraction of sp³-hybridized carbons (Fsp3) is 0.263. The molecule has 0 aliphatic carbocycles. The second kappa shape index (κ2) is 8.87. The van der Waals surface area contributed by atoms with Crippen molar-refractivity contribution in [3.05, 3.63) is 60.1 Å². The molecule has 0 aliphatic rings. The maximum Gasteiger partial charge on any atom is 0.227 e. The lowest BCUT2D eigenvalue weighted by Crippen LogP contribution is -2.14. The Balaban J connectivity index is 1.52. The Morgan fingerprint density at radius 3 is 2.92 bits per heavy atom. The van der Waals surface area contributed by atoms with Crippen molar-refractivity contribution in [2.24, 2.45) is 0 Å². The molecule has 1 amide bonds. The summed E-state index contributed by atoms with van der Waals surface area (Å²) in [4.78, 5) is 20.6. The molecular formula is C19H21N5O2. The van der Waals surface area contributed by atoms with Crippen LogP contribution in [0.3, 0.4) is 0 Å². The Morgan fingerprint density at radius 1 is 1.19 bits per heavy atom. The lowest BCUT2D eigenvalue weighted by Gasteiger charge is -2.07. The van der Waals surface area contributed by atoms with Gasteiger partial charge in [-0.3, -0.25) is 9.78 Å². The van der Waals surface area contributed by atoms with Gasteiger partial charge >= 0.3 is 0 Å². The average molecular weight is 351 g/mol. The van der Waals surface area contributed by atoms with Gasteiger partial charge < -0.3 is 15.2 Å². The first-order valence-electron chi connectivity index (χ1n) is 8.58. The number of aromatic nitrogens is 3. The monoisotopic (exact) mass is 351 g/mol. The van der Waals surface area contributed by atoms with E-state index in [1.165, 1.54) is 0 Å². The molecule has 3 aromatic rings. The standard InChI is InChI=1S/C19H21N5O2/c1-2-20-13-14-6-5-7-15(12-14)22-17(25)9-10-18-23-19(24-26-18)16-8-3-4-11-21-16/h3-8,11-12,20H,2,9-10,13H2,1H3,(H,22,25). The molecule has 2 heterocycles. The van der Waals surface area contributed by atoms with Crippen molar-refractivity contribution in [2.45, 2.75) is 26.3 Å². The molecule has 2 aromatic heterocycles. The summed E-state index contributed by atoms with van der Waals surface area (Å²) in [6.45, 7) is 3.74. The number of amides is 1. The van der Waals surface area contributed by atoms with Gasteiger partial charge in [0.25, 0.3) is 0 Å². The Kier molecular flexibility index (Phi) is 6.05. The molecule has 3 rings (SSSR count). The summed E-state index contributed by atoms with van der Waals surface area (Å²) in [7, 11) is 0. The molecule has 1 aromatic carbocycles. The molecule has 0 radical (unpaired) electrons. The van der Waals surface area contributed by atoms with E-state index in [0.29, 0.717) is 23.8 Å². The molecule has 0 atom stereocenters. The summed E-state index contributed by atoms with van der Waals surface area (Å²) in [5.41, 5.74) is 2.55. The van der Waals surface area contributed by atoms with Gasteiger partial charge in [0, 0.05) is 31.3 Å². The summed E-state index contributed by atoms with van der Waals surface area (Å²) >= 11 is 0. The smallest absolute Gasteiger partial charge is 0.227 e. The number of nitrogens with zero attached hydrogens (tertiary/aromatic N) is 3. The van der Waals surface area contributed by atoms with Crippen LogP contribution in [0.1, 0.15) is 24.8 Å². The Labute approximate surface area is 151 Å². The quantitative estimate of drug-likeness (QED) is 0.648. The third-order valence-corrected chi connectivity index (χ3v) is 3.72. The number of carbonyl (C=O) groups is 1. The van der Waals surface area contributed by atoms with Gasteiger partial charge in [0.2, 0.25) is 17.6 Å². The summed E-state index contributed by atoms with van der Waals surface area (Å²) < 4.78 is 5.19. The van der Waals surface area contributed by atoms with Crippen molar-refractivity contribution in [3.63, 3.8) is 0 Å². The normalized spacial score (nSPS) is 10.7. The highest BCUT2D eigenvalue weighted by atomic mass is 16.5. The minimum absolute atomic E-state index is 0.0943. The first kappa shape index (κ1) is 17.8. The molecule has 0 spiro atoms. The van der Waals surface area contributed by atoms with Gasteiger partial charge in [-0.15, -0.1) is 0 Å². The molecule has 2 N–H and O–H groups in total. The number of hydrogen-bond donors (Lipinski definition) is 2. The predicted octanol–water partition coefficient (Wildman–Crippen LogP) is 2.81. The highest BCUT2D eigenvalue weighted by molar-refractivity contribution is 5.90. The topological polar surface area (TPSA) is 92.9 Å². The molecule has 7 nitrogen and oxygen atoms in total. The zero-order valence-electron chi connectivity index (χ0n) is 14.6. The molecule has 0 fully saturated rings. The number of aryl methyl sites for hydroxylation is 1. The van der Waals surface area contributed by atoms with Gasteiger partial charge in [-0.05, 0) is 36.4 Å². The van der Waals surface area contributed by atoms with E-state index in [1.807, 2.05) is 42.5 Å². The van der Waals surface area contributed by atoms with Crippen molar-refractivity contribution in [2.75, 3.05) is 11.9 Å².